The zero-order valence-corrected chi connectivity index (χ0v) is 46.0. The van der Waals surface area contributed by atoms with Crippen LogP contribution in [0.2, 0.25) is 0 Å². The predicted octanol–water partition coefficient (Wildman–Crippen LogP) is 20.0. The Kier molecular flexibility index (Phi) is 57.3. The van der Waals surface area contributed by atoms with Gasteiger partial charge < -0.3 is 15.5 Å². The molecular weight excluding hydrogens is 855 g/mol. The molecule has 1 amide bonds. The normalized spacial score (nSPS) is 13.7. The first-order valence-corrected chi connectivity index (χ1v) is 29.7. The van der Waals surface area contributed by atoms with Crippen molar-refractivity contribution in [3.63, 3.8) is 0 Å². The van der Waals surface area contributed by atoms with E-state index in [1.54, 1.807) is 6.08 Å². The summed E-state index contributed by atoms with van der Waals surface area (Å²) >= 11 is 0. The molecule has 4 nitrogen and oxygen atoms in total. The van der Waals surface area contributed by atoms with E-state index in [1.807, 2.05) is 6.08 Å². The van der Waals surface area contributed by atoms with Crippen molar-refractivity contribution in [2.24, 2.45) is 0 Å². The molecule has 0 radical (unpaired) electrons. The Morgan fingerprint density at radius 2 is 0.629 bits per heavy atom. The van der Waals surface area contributed by atoms with Crippen molar-refractivity contribution in [3.8, 4) is 0 Å². The van der Waals surface area contributed by atoms with Crippen molar-refractivity contribution in [3.05, 3.63) is 122 Å². The minimum atomic E-state index is -0.846. The second kappa shape index (κ2) is 60.1. The van der Waals surface area contributed by atoms with Gasteiger partial charge in [0.15, 0.2) is 0 Å². The molecule has 0 aromatic heterocycles. The Labute approximate surface area is 435 Å². The van der Waals surface area contributed by atoms with Crippen molar-refractivity contribution in [1.29, 1.82) is 0 Å². The zero-order valence-electron chi connectivity index (χ0n) is 46.0. The average molecular weight is 969 g/mol. The fourth-order valence-corrected chi connectivity index (χ4v) is 8.47. The minimum Gasteiger partial charge on any atom is -0.394 e. The molecule has 0 saturated heterocycles. The molecule has 0 heterocycles. The van der Waals surface area contributed by atoms with E-state index in [1.165, 1.54) is 167 Å². The van der Waals surface area contributed by atoms with Crippen molar-refractivity contribution >= 4 is 5.91 Å². The van der Waals surface area contributed by atoms with Gasteiger partial charge in [-0.1, -0.05) is 296 Å². The highest BCUT2D eigenvalue weighted by atomic mass is 16.3. The van der Waals surface area contributed by atoms with Crippen LogP contribution in [0.1, 0.15) is 271 Å². The molecule has 3 N–H and O–H groups in total. The third kappa shape index (κ3) is 55.7. The molecule has 0 saturated carbocycles. The number of amides is 1. The largest absolute Gasteiger partial charge is 0.394 e. The molecule has 2 unspecified atom stereocenters. The molecule has 0 rings (SSSR count). The van der Waals surface area contributed by atoms with Crippen LogP contribution >= 0.6 is 0 Å². The highest BCUT2D eigenvalue weighted by molar-refractivity contribution is 5.76. The molecule has 0 fully saturated rings. The van der Waals surface area contributed by atoms with Crippen LogP contribution < -0.4 is 5.32 Å². The number of aliphatic hydroxyl groups is 2. The number of aliphatic hydroxyl groups excluding tert-OH is 2. The van der Waals surface area contributed by atoms with Gasteiger partial charge in [0.2, 0.25) is 5.91 Å². The van der Waals surface area contributed by atoms with E-state index < -0.39 is 12.1 Å². The molecular formula is C66H113NO3. The maximum absolute atomic E-state index is 12.5. The predicted molar refractivity (Wildman–Crippen MR) is 312 cm³/mol. The quantitative estimate of drug-likeness (QED) is 0.0420. The van der Waals surface area contributed by atoms with E-state index in [2.05, 4.69) is 129 Å². The molecule has 0 aromatic rings. The molecule has 0 aliphatic heterocycles. The van der Waals surface area contributed by atoms with Gasteiger partial charge in [-0.15, -0.1) is 0 Å². The second-order valence-electron chi connectivity index (χ2n) is 19.7. The Bertz CT molecular complexity index is 1380. The number of carbonyl (C=O) groups excluding carboxylic acids is 1. The van der Waals surface area contributed by atoms with Crippen molar-refractivity contribution < 1.29 is 15.0 Å². The summed E-state index contributed by atoms with van der Waals surface area (Å²) in [6.45, 7) is 4.20. The van der Waals surface area contributed by atoms with Crippen LogP contribution in [0.4, 0.5) is 0 Å². The van der Waals surface area contributed by atoms with Gasteiger partial charge in [-0.2, -0.15) is 0 Å². The van der Waals surface area contributed by atoms with Gasteiger partial charge in [-0.05, 0) is 89.9 Å². The molecule has 0 aliphatic carbocycles. The number of rotatable bonds is 53. The smallest absolute Gasteiger partial charge is 0.220 e. The van der Waals surface area contributed by atoms with Crippen LogP contribution in [0.15, 0.2) is 122 Å². The molecule has 4 heteroatoms. The molecule has 70 heavy (non-hydrogen) atoms. The van der Waals surface area contributed by atoms with E-state index in [-0.39, 0.29) is 12.5 Å². The first-order valence-electron chi connectivity index (χ1n) is 29.7. The molecule has 0 aromatic carbocycles. The summed E-state index contributed by atoms with van der Waals surface area (Å²) in [5.41, 5.74) is 0. The summed E-state index contributed by atoms with van der Waals surface area (Å²) in [5.74, 6) is -0.0680. The van der Waals surface area contributed by atoms with Crippen molar-refractivity contribution in [2.75, 3.05) is 6.61 Å². The zero-order chi connectivity index (χ0) is 50.6. The number of hydrogen-bond acceptors (Lipinski definition) is 3. The highest BCUT2D eigenvalue weighted by Gasteiger charge is 2.18. The SMILES string of the molecule is CC/C=C\C/C=C\C/C=C\C/C=C\C/C=C\C/C=C\C/C=C\C/C=C\C/C=C\CCCCCCCCCCCCCCCC(=O)NC(CO)C(O)/C=C/CCCCCCCCCCCCCCCCC. The lowest BCUT2D eigenvalue weighted by Crippen LogP contribution is -2.45. The minimum absolute atomic E-state index is 0.0680. The fraction of sp³-hybridized carbons (Fsp3) is 0.682. The average Bonchev–Trinajstić information content (AvgIpc) is 3.36. The van der Waals surface area contributed by atoms with Crippen LogP contribution in [-0.2, 0) is 4.79 Å². The number of unbranched alkanes of at least 4 members (excludes halogenated alkanes) is 28. The first-order chi connectivity index (χ1) is 34.7. The lowest BCUT2D eigenvalue weighted by molar-refractivity contribution is -0.123. The molecule has 0 aliphatic rings. The monoisotopic (exact) mass is 968 g/mol. The Balaban J connectivity index is 3.56. The summed E-state index contributed by atoms with van der Waals surface area (Å²) in [4.78, 5) is 12.5. The van der Waals surface area contributed by atoms with Gasteiger partial charge in [-0.25, -0.2) is 0 Å². The molecule has 2 atom stereocenters. The fourth-order valence-electron chi connectivity index (χ4n) is 8.47. The van der Waals surface area contributed by atoms with Gasteiger partial charge in [0, 0.05) is 6.42 Å². The Morgan fingerprint density at radius 1 is 0.357 bits per heavy atom. The van der Waals surface area contributed by atoms with Crippen molar-refractivity contribution in [2.45, 2.75) is 283 Å². The third-order valence-corrected chi connectivity index (χ3v) is 13.0. The van der Waals surface area contributed by atoms with E-state index in [9.17, 15) is 15.0 Å². The maximum atomic E-state index is 12.5. The highest BCUT2D eigenvalue weighted by Crippen LogP contribution is 2.16. The van der Waals surface area contributed by atoms with E-state index in [4.69, 9.17) is 0 Å². The van der Waals surface area contributed by atoms with Gasteiger partial charge in [0.05, 0.1) is 18.8 Å². The van der Waals surface area contributed by atoms with Gasteiger partial charge in [0.25, 0.3) is 0 Å². The van der Waals surface area contributed by atoms with Crippen molar-refractivity contribution in [1.82, 2.24) is 5.32 Å². The van der Waals surface area contributed by atoms with E-state index in [0.717, 1.165) is 83.5 Å². The van der Waals surface area contributed by atoms with E-state index >= 15 is 0 Å². The standard InChI is InChI=1S/C66H113NO3/c1-3-5-7-9-11-13-15-17-19-21-22-23-24-25-26-27-28-29-30-31-32-33-34-35-36-37-38-39-40-41-42-43-44-46-48-50-52-54-56-58-60-62-66(70)67-64(63-68)65(69)61-59-57-55-53-51-49-47-45-20-18-16-14-12-10-8-6-4-2/h5,7,11,13,17,19,22-23,25-26,28-29,31-32,34-35,37-38,59,61,64-65,68-69H,3-4,6,8-10,12,14-16,18,20-21,24,27,30,33,36,39-58,60,62-63H2,1-2H3,(H,67,70)/b7-5-,13-11-,19-17-,23-22-,26-25-,29-28-,32-31-,35-34-,38-37-,61-59+. The Morgan fingerprint density at radius 3 is 0.943 bits per heavy atom. The summed E-state index contributed by atoms with van der Waals surface area (Å²) < 4.78 is 0. The van der Waals surface area contributed by atoms with Gasteiger partial charge in [0.1, 0.15) is 0 Å². The van der Waals surface area contributed by atoms with Crippen LogP contribution in [0.5, 0.6) is 0 Å². The van der Waals surface area contributed by atoms with Crippen LogP contribution in [0, 0.1) is 0 Å². The lowest BCUT2D eigenvalue weighted by atomic mass is 10.0. The van der Waals surface area contributed by atoms with E-state index in [0.29, 0.717) is 6.42 Å². The number of allylic oxidation sites excluding steroid dienone is 19. The number of carbonyl (C=O) groups is 1. The van der Waals surface area contributed by atoms with Crippen LogP contribution in [-0.4, -0.2) is 34.9 Å². The molecule has 400 valence electrons. The number of nitrogens with one attached hydrogen (secondary N) is 1. The third-order valence-electron chi connectivity index (χ3n) is 13.0. The number of hydrogen-bond donors (Lipinski definition) is 3. The topological polar surface area (TPSA) is 69.6 Å². The lowest BCUT2D eigenvalue weighted by Gasteiger charge is -2.20. The second-order valence-corrected chi connectivity index (χ2v) is 19.7. The summed E-state index contributed by atoms with van der Waals surface area (Å²) in [7, 11) is 0. The molecule has 0 bridgehead atoms. The maximum Gasteiger partial charge on any atom is 0.220 e. The summed E-state index contributed by atoms with van der Waals surface area (Å²) in [6.07, 6.45) is 92.2. The first kappa shape index (κ1) is 66.8. The van der Waals surface area contributed by atoms with Gasteiger partial charge >= 0.3 is 0 Å². The van der Waals surface area contributed by atoms with Crippen LogP contribution in [0.3, 0.4) is 0 Å². The summed E-state index contributed by atoms with van der Waals surface area (Å²) in [5, 5.41) is 23.2. The molecule has 0 spiro atoms. The Hall–Kier alpha value is -3.21. The van der Waals surface area contributed by atoms with Gasteiger partial charge in [-0.3, -0.25) is 4.79 Å². The summed E-state index contributed by atoms with van der Waals surface area (Å²) in [6, 6.07) is -0.629. The van der Waals surface area contributed by atoms with Crippen LogP contribution in [0.25, 0.3) is 0 Å².